The molecule has 2 nitrogen and oxygen atoms in total. The van der Waals surface area contributed by atoms with Crippen LogP contribution in [0, 0.1) is 0 Å². The first-order valence-electron chi connectivity index (χ1n) is 7.63. The Morgan fingerprint density at radius 3 is 2.57 bits per heavy atom. The molecule has 0 aliphatic heterocycles. The number of alkyl halides is 3. The summed E-state index contributed by atoms with van der Waals surface area (Å²) in [5.41, 5.74) is 2.35. The first-order chi connectivity index (χ1) is 9.99. The van der Waals surface area contributed by atoms with Gasteiger partial charge in [-0.15, -0.1) is 0 Å². The van der Waals surface area contributed by atoms with Gasteiger partial charge in [-0.2, -0.15) is 13.2 Å². The number of halogens is 3. The Hall–Kier alpha value is -1.07. The minimum absolute atomic E-state index is 0.00847. The van der Waals surface area contributed by atoms with E-state index in [1.54, 1.807) is 4.90 Å². The van der Waals surface area contributed by atoms with Crippen LogP contribution >= 0.6 is 0 Å². The van der Waals surface area contributed by atoms with E-state index in [2.05, 4.69) is 5.32 Å². The van der Waals surface area contributed by atoms with Crippen LogP contribution in [0.5, 0.6) is 0 Å². The number of hydrogen-bond donors (Lipinski definition) is 1. The molecule has 1 aromatic rings. The molecular formula is C16H21F3N2. The number of nitrogens with one attached hydrogen (secondary N) is 1. The zero-order valence-electron chi connectivity index (χ0n) is 12.2. The molecule has 0 aromatic heterocycles. The van der Waals surface area contributed by atoms with E-state index < -0.39 is 12.7 Å². The van der Waals surface area contributed by atoms with E-state index in [-0.39, 0.29) is 18.1 Å². The number of nitrogens with zero attached hydrogens (tertiary/aromatic N) is 1. The lowest BCUT2D eigenvalue weighted by atomic mass is 10.1. The van der Waals surface area contributed by atoms with Gasteiger partial charge in [-0.3, -0.25) is 4.90 Å². The first kappa shape index (κ1) is 14.9. The lowest BCUT2D eigenvalue weighted by Crippen LogP contribution is -2.48. The standard InChI is InChI=1S/C16H21F3N2/c1-2-20-15-13-6-4-3-5-11(13)9-14(15)21(12-7-8-12)10-16(17,18)19/h3-6,12,14-15,20H,2,7-10H2,1H3. The van der Waals surface area contributed by atoms with Crippen molar-refractivity contribution in [3.8, 4) is 0 Å². The van der Waals surface area contributed by atoms with Crippen molar-refractivity contribution in [3.63, 3.8) is 0 Å². The van der Waals surface area contributed by atoms with Crippen LogP contribution in [0.3, 0.4) is 0 Å². The third-order valence-electron chi connectivity index (χ3n) is 4.43. The molecule has 5 heteroatoms. The molecule has 2 atom stereocenters. The van der Waals surface area contributed by atoms with Crippen LogP contribution in [-0.2, 0) is 6.42 Å². The molecule has 1 saturated carbocycles. The summed E-state index contributed by atoms with van der Waals surface area (Å²) in [5.74, 6) is 0. The summed E-state index contributed by atoms with van der Waals surface area (Å²) >= 11 is 0. The van der Waals surface area contributed by atoms with E-state index in [0.29, 0.717) is 6.42 Å². The summed E-state index contributed by atoms with van der Waals surface area (Å²) in [6.07, 6.45) is -1.64. The van der Waals surface area contributed by atoms with Gasteiger partial charge in [0.05, 0.1) is 6.54 Å². The van der Waals surface area contributed by atoms with Crippen molar-refractivity contribution in [2.75, 3.05) is 13.1 Å². The van der Waals surface area contributed by atoms with Crippen molar-refractivity contribution in [1.82, 2.24) is 10.2 Å². The zero-order valence-corrected chi connectivity index (χ0v) is 12.2. The van der Waals surface area contributed by atoms with Crippen LogP contribution in [0.25, 0.3) is 0 Å². The van der Waals surface area contributed by atoms with Crippen molar-refractivity contribution in [3.05, 3.63) is 35.4 Å². The van der Waals surface area contributed by atoms with Gasteiger partial charge in [-0.05, 0) is 36.9 Å². The Morgan fingerprint density at radius 1 is 1.24 bits per heavy atom. The molecule has 1 N–H and O–H groups in total. The summed E-state index contributed by atoms with van der Waals surface area (Å²) < 4.78 is 38.8. The average Bonchev–Trinajstić information content (AvgIpc) is 3.19. The highest BCUT2D eigenvalue weighted by Gasteiger charge is 2.46. The summed E-state index contributed by atoms with van der Waals surface area (Å²) in [5, 5.41) is 3.39. The van der Waals surface area contributed by atoms with Gasteiger partial charge >= 0.3 is 6.18 Å². The molecule has 0 saturated heterocycles. The van der Waals surface area contributed by atoms with Gasteiger partial charge in [0.25, 0.3) is 0 Å². The molecule has 0 bridgehead atoms. The maximum absolute atomic E-state index is 12.9. The minimum atomic E-state index is -4.13. The summed E-state index contributed by atoms with van der Waals surface area (Å²) in [7, 11) is 0. The lowest BCUT2D eigenvalue weighted by molar-refractivity contribution is -0.153. The smallest absolute Gasteiger partial charge is 0.309 e. The lowest BCUT2D eigenvalue weighted by Gasteiger charge is -2.34. The van der Waals surface area contributed by atoms with E-state index in [4.69, 9.17) is 0 Å². The molecule has 116 valence electrons. The third kappa shape index (κ3) is 3.24. The van der Waals surface area contributed by atoms with E-state index in [1.807, 2.05) is 31.2 Å². The number of hydrogen-bond acceptors (Lipinski definition) is 2. The highest BCUT2D eigenvalue weighted by molar-refractivity contribution is 5.37. The van der Waals surface area contributed by atoms with Gasteiger partial charge in [0.1, 0.15) is 0 Å². The van der Waals surface area contributed by atoms with Crippen molar-refractivity contribution in [2.24, 2.45) is 0 Å². The average molecular weight is 298 g/mol. The molecule has 0 spiro atoms. The number of likely N-dealkylation sites (N-methyl/N-ethyl adjacent to an activating group) is 1. The number of fused-ring (bicyclic) bond motifs is 1. The van der Waals surface area contributed by atoms with Crippen LogP contribution in [0.15, 0.2) is 24.3 Å². The second-order valence-electron chi connectivity index (χ2n) is 6.02. The summed E-state index contributed by atoms with van der Waals surface area (Å²) in [6.45, 7) is 1.97. The predicted octanol–water partition coefficient (Wildman–Crippen LogP) is 3.29. The van der Waals surface area contributed by atoms with E-state index in [1.165, 1.54) is 5.56 Å². The molecule has 0 amide bonds. The fourth-order valence-electron chi connectivity index (χ4n) is 3.48. The van der Waals surface area contributed by atoms with E-state index >= 15 is 0 Å². The van der Waals surface area contributed by atoms with Crippen molar-refractivity contribution >= 4 is 0 Å². The molecule has 1 aromatic carbocycles. The van der Waals surface area contributed by atoms with Crippen molar-refractivity contribution in [1.29, 1.82) is 0 Å². The molecule has 0 heterocycles. The third-order valence-corrected chi connectivity index (χ3v) is 4.43. The van der Waals surface area contributed by atoms with E-state index in [9.17, 15) is 13.2 Å². The van der Waals surface area contributed by atoms with Gasteiger partial charge in [0, 0.05) is 18.1 Å². The normalized spacial score (nSPS) is 25.4. The van der Waals surface area contributed by atoms with Crippen LogP contribution in [-0.4, -0.2) is 36.2 Å². The van der Waals surface area contributed by atoms with Gasteiger partial charge in [0.2, 0.25) is 0 Å². The van der Waals surface area contributed by atoms with E-state index in [0.717, 1.165) is 24.9 Å². The molecule has 2 aliphatic rings. The fourth-order valence-corrected chi connectivity index (χ4v) is 3.48. The Kier molecular flexibility index (Phi) is 3.97. The predicted molar refractivity (Wildman–Crippen MR) is 76.1 cm³/mol. The Bertz CT molecular complexity index is 497. The molecule has 21 heavy (non-hydrogen) atoms. The summed E-state index contributed by atoms with van der Waals surface area (Å²) in [4.78, 5) is 1.69. The topological polar surface area (TPSA) is 15.3 Å². The largest absolute Gasteiger partial charge is 0.401 e. The second kappa shape index (κ2) is 5.61. The number of rotatable bonds is 5. The minimum Gasteiger partial charge on any atom is -0.309 e. The van der Waals surface area contributed by atoms with Crippen LogP contribution < -0.4 is 5.32 Å². The van der Waals surface area contributed by atoms with Crippen LogP contribution in [0.4, 0.5) is 13.2 Å². The highest BCUT2D eigenvalue weighted by atomic mass is 19.4. The van der Waals surface area contributed by atoms with Crippen molar-refractivity contribution in [2.45, 2.75) is 50.5 Å². The number of benzene rings is 1. The molecule has 2 aliphatic carbocycles. The van der Waals surface area contributed by atoms with Crippen LogP contribution in [0.1, 0.15) is 36.9 Å². The monoisotopic (exact) mass is 298 g/mol. The van der Waals surface area contributed by atoms with Gasteiger partial charge < -0.3 is 5.32 Å². The second-order valence-corrected chi connectivity index (χ2v) is 6.02. The first-order valence-corrected chi connectivity index (χ1v) is 7.63. The molecule has 0 radical (unpaired) electrons. The SMILES string of the molecule is CCNC1c2ccccc2CC1N(CC(F)(F)F)C1CC1. The zero-order chi connectivity index (χ0) is 15.0. The van der Waals surface area contributed by atoms with Crippen molar-refractivity contribution < 1.29 is 13.2 Å². The quantitative estimate of drug-likeness (QED) is 0.897. The highest BCUT2D eigenvalue weighted by Crippen LogP contribution is 2.40. The summed E-state index contributed by atoms with van der Waals surface area (Å²) in [6, 6.07) is 8.05. The fraction of sp³-hybridized carbons (Fsp3) is 0.625. The Morgan fingerprint density at radius 2 is 1.95 bits per heavy atom. The Labute approximate surface area is 123 Å². The van der Waals surface area contributed by atoms with Gasteiger partial charge in [-0.1, -0.05) is 31.2 Å². The van der Waals surface area contributed by atoms with Gasteiger partial charge in [-0.25, -0.2) is 0 Å². The Balaban J connectivity index is 1.85. The maximum atomic E-state index is 12.9. The van der Waals surface area contributed by atoms with Gasteiger partial charge in [0.15, 0.2) is 0 Å². The van der Waals surface area contributed by atoms with Crippen LogP contribution in [0.2, 0.25) is 0 Å². The maximum Gasteiger partial charge on any atom is 0.401 e. The molecular weight excluding hydrogens is 277 g/mol. The molecule has 1 fully saturated rings. The molecule has 2 unspecified atom stereocenters. The molecule has 3 rings (SSSR count).